The Morgan fingerprint density at radius 2 is 2.42 bits per heavy atom. The quantitative estimate of drug-likeness (QED) is 0.536. The van der Waals surface area contributed by atoms with Crippen molar-refractivity contribution in [2.45, 2.75) is 31.3 Å². The first kappa shape index (κ1) is 12.9. The highest BCUT2D eigenvalue weighted by atomic mass is 32.2. The number of hydrogen-bond donors (Lipinski definition) is 1. The number of rotatable bonds is 3. The summed E-state index contributed by atoms with van der Waals surface area (Å²) in [7, 11) is 0. The van der Waals surface area contributed by atoms with Crippen molar-refractivity contribution in [3.63, 3.8) is 0 Å². The van der Waals surface area contributed by atoms with E-state index in [0.29, 0.717) is 16.8 Å². The van der Waals surface area contributed by atoms with Crippen molar-refractivity contribution in [2.24, 2.45) is 5.92 Å². The fourth-order valence-electron chi connectivity index (χ4n) is 2.51. The molecule has 0 fully saturated rings. The average Bonchev–Trinajstić information content (AvgIpc) is 2.73. The van der Waals surface area contributed by atoms with E-state index in [1.807, 2.05) is 0 Å². The van der Waals surface area contributed by atoms with Crippen LogP contribution in [0.25, 0.3) is 10.2 Å². The van der Waals surface area contributed by atoms with E-state index in [1.54, 1.807) is 11.3 Å². The normalized spacial score (nSPS) is 18.5. The monoisotopic (exact) mass is 294 g/mol. The zero-order chi connectivity index (χ0) is 13.4. The van der Waals surface area contributed by atoms with Gasteiger partial charge in [-0.3, -0.25) is 4.79 Å². The Bertz CT molecular complexity index is 690. The maximum absolute atomic E-state index is 12.2. The number of carbonyl (C=O) groups excluding carboxylic acids is 1. The van der Waals surface area contributed by atoms with Crippen LogP contribution in [0.1, 0.15) is 23.8 Å². The summed E-state index contributed by atoms with van der Waals surface area (Å²) in [6.45, 7) is 2.25. The molecule has 6 heteroatoms. The van der Waals surface area contributed by atoms with Crippen LogP contribution in [0.4, 0.5) is 0 Å². The van der Waals surface area contributed by atoms with Gasteiger partial charge in [0.25, 0.3) is 5.56 Å². The van der Waals surface area contributed by atoms with Crippen molar-refractivity contribution in [1.29, 1.82) is 0 Å². The zero-order valence-electron chi connectivity index (χ0n) is 10.6. The van der Waals surface area contributed by atoms with Gasteiger partial charge in [0.05, 0.1) is 11.1 Å². The second kappa shape index (κ2) is 5.09. The molecule has 1 aliphatic rings. The standard InChI is InChI=1S/C13H14N2O2S2/c1-7-2-3-8-9(6-7)19-12-10(8)11(17)14-13(15-12)18-5-4-16/h4,7H,2-3,5-6H2,1H3,(H,14,15,17). The summed E-state index contributed by atoms with van der Waals surface area (Å²) in [5.41, 5.74) is 1.13. The Kier molecular flexibility index (Phi) is 3.45. The van der Waals surface area contributed by atoms with E-state index < -0.39 is 0 Å². The number of nitrogens with one attached hydrogen (secondary N) is 1. The number of aromatic amines is 1. The van der Waals surface area contributed by atoms with E-state index in [4.69, 9.17) is 0 Å². The number of thiophene rings is 1. The number of aromatic nitrogens is 2. The van der Waals surface area contributed by atoms with Crippen molar-refractivity contribution in [3.8, 4) is 0 Å². The molecule has 0 aromatic carbocycles. The van der Waals surface area contributed by atoms with Crippen LogP contribution in [0.2, 0.25) is 0 Å². The van der Waals surface area contributed by atoms with Gasteiger partial charge in [-0.25, -0.2) is 4.98 Å². The van der Waals surface area contributed by atoms with Crippen molar-refractivity contribution in [1.82, 2.24) is 9.97 Å². The molecule has 2 aromatic heterocycles. The molecule has 0 radical (unpaired) electrons. The van der Waals surface area contributed by atoms with Gasteiger partial charge in [0.2, 0.25) is 0 Å². The maximum Gasteiger partial charge on any atom is 0.260 e. The van der Waals surface area contributed by atoms with E-state index in [0.717, 1.165) is 35.8 Å². The van der Waals surface area contributed by atoms with E-state index in [1.165, 1.54) is 22.2 Å². The van der Waals surface area contributed by atoms with Gasteiger partial charge in [-0.1, -0.05) is 18.7 Å². The lowest BCUT2D eigenvalue weighted by molar-refractivity contribution is -0.105. The van der Waals surface area contributed by atoms with Gasteiger partial charge >= 0.3 is 0 Å². The number of carbonyl (C=O) groups is 1. The van der Waals surface area contributed by atoms with Crippen LogP contribution in [0.3, 0.4) is 0 Å². The van der Waals surface area contributed by atoms with E-state index in [2.05, 4.69) is 16.9 Å². The number of fused-ring (bicyclic) bond motifs is 3. The van der Waals surface area contributed by atoms with Crippen LogP contribution in [0, 0.1) is 5.92 Å². The largest absolute Gasteiger partial charge is 0.302 e. The molecule has 1 N–H and O–H groups in total. The number of H-pyrrole nitrogens is 1. The minimum atomic E-state index is -0.0644. The second-order valence-electron chi connectivity index (χ2n) is 4.88. The lowest BCUT2D eigenvalue weighted by Gasteiger charge is -2.17. The first-order valence-corrected chi connectivity index (χ1v) is 8.10. The summed E-state index contributed by atoms with van der Waals surface area (Å²) < 4.78 is 0. The lowest BCUT2D eigenvalue weighted by atomic mass is 9.89. The van der Waals surface area contributed by atoms with Crippen LogP contribution >= 0.6 is 23.1 Å². The summed E-state index contributed by atoms with van der Waals surface area (Å²) in [4.78, 5) is 31.9. The molecular weight excluding hydrogens is 280 g/mol. The number of aldehydes is 1. The molecule has 1 unspecified atom stereocenters. The lowest BCUT2D eigenvalue weighted by Crippen LogP contribution is -2.13. The van der Waals surface area contributed by atoms with Crippen molar-refractivity contribution >= 4 is 39.6 Å². The van der Waals surface area contributed by atoms with Gasteiger partial charge in [0.1, 0.15) is 11.1 Å². The average molecular weight is 294 g/mol. The molecule has 0 saturated heterocycles. The number of hydrogen-bond acceptors (Lipinski definition) is 5. The second-order valence-corrected chi connectivity index (χ2v) is 6.97. The predicted molar refractivity (Wildman–Crippen MR) is 78.2 cm³/mol. The fourth-order valence-corrected chi connectivity index (χ4v) is 4.50. The Morgan fingerprint density at radius 1 is 1.58 bits per heavy atom. The minimum absolute atomic E-state index is 0.0644. The molecule has 1 aliphatic carbocycles. The zero-order valence-corrected chi connectivity index (χ0v) is 12.2. The van der Waals surface area contributed by atoms with Crippen LogP contribution in [-0.4, -0.2) is 22.0 Å². The summed E-state index contributed by atoms with van der Waals surface area (Å²) in [6, 6.07) is 0. The molecule has 19 heavy (non-hydrogen) atoms. The maximum atomic E-state index is 12.2. The van der Waals surface area contributed by atoms with E-state index in [9.17, 15) is 9.59 Å². The van der Waals surface area contributed by atoms with Gasteiger partial charge < -0.3 is 9.78 Å². The highest BCUT2D eigenvalue weighted by molar-refractivity contribution is 7.99. The van der Waals surface area contributed by atoms with Gasteiger partial charge in [-0.15, -0.1) is 11.3 Å². The topological polar surface area (TPSA) is 62.8 Å². The molecule has 0 amide bonds. The van der Waals surface area contributed by atoms with Crippen molar-refractivity contribution in [3.05, 3.63) is 20.8 Å². The van der Waals surface area contributed by atoms with E-state index in [-0.39, 0.29) is 5.56 Å². The van der Waals surface area contributed by atoms with Gasteiger partial charge in [-0.05, 0) is 30.7 Å². The SMILES string of the molecule is CC1CCc2c(sc3nc(SCC=O)[nH]c(=O)c23)C1. The third kappa shape index (κ3) is 2.34. The van der Waals surface area contributed by atoms with Gasteiger partial charge in [-0.2, -0.15) is 0 Å². The van der Waals surface area contributed by atoms with Crippen LogP contribution < -0.4 is 5.56 Å². The van der Waals surface area contributed by atoms with Crippen molar-refractivity contribution in [2.75, 3.05) is 5.75 Å². The minimum Gasteiger partial charge on any atom is -0.302 e. The van der Waals surface area contributed by atoms with Crippen LogP contribution in [0.5, 0.6) is 0 Å². The Labute approximate surface area is 118 Å². The molecule has 0 bridgehead atoms. The first-order chi connectivity index (χ1) is 9.19. The Hall–Kier alpha value is -1.14. The molecule has 0 spiro atoms. The van der Waals surface area contributed by atoms with Gasteiger partial charge in [0.15, 0.2) is 5.16 Å². The summed E-state index contributed by atoms with van der Waals surface area (Å²) in [6.07, 6.45) is 3.98. The highest BCUT2D eigenvalue weighted by Crippen LogP contribution is 2.35. The third-order valence-electron chi connectivity index (χ3n) is 3.43. The molecule has 0 saturated carbocycles. The third-order valence-corrected chi connectivity index (χ3v) is 5.35. The summed E-state index contributed by atoms with van der Waals surface area (Å²) in [5, 5.41) is 1.30. The molecule has 2 heterocycles. The molecule has 100 valence electrons. The summed E-state index contributed by atoms with van der Waals surface area (Å²) >= 11 is 2.90. The number of thioether (sulfide) groups is 1. The number of aryl methyl sites for hydroxylation is 1. The van der Waals surface area contributed by atoms with Gasteiger partial charge in [0, 0.05) is 4.88 Å². The molecule has 2 aromatic rings. The fraction of sp³-hybridized carbons (Fsp3) is 0.462. The van der Waals surface area contributed by atoms with Crippen LogP contribution in [0.15, 0.2) is 9.95 Å². The molecule has 1 atom stereocenters. The Morgan fingerprint density at radius 3 is 3.21 bits per heavy atom. The smallest absolute Gasteiger partial charge is 0.260 e. The molecule has 0 aliphatic heterocycles. The van der Waals surface area contributed by atoms with E-state index >= 15 is 0 Å². The first-order valence-electron chi connectivity index (χ1n) is 6.30. The Balaban J connectivity index is 2.11. The number of nitrogens with zero attached hydrogens (tertiary/aromatic N) is 1. The molecule has 4 nitrogen and oxygen atoms in total. The highest BCUT2D eigenvalue weighted by Gasteiger charge is 2.22. The summed E-state index contributed by atoms with van der Waals surface area (Å²) in [5.74, 6) is 1.000. The van der Waals surface area contributed by atoms with Crippen LogP contribution in [-0.2, 0) is 17.6 Å². The predicted octanol–water partition coefficient (Wildman–Crippen LogP) is 2.40. The molecule has 3 rings (SSSR count). The van der Waals surface area contributed by atoms with Crippen molar-refractivity contribution < 1.29 is 4.79 Å². The molecular formula is C13H14N2O2S2.